The van der Waals surface area contributed by atoms with E-state index in [0.717, 1.165) is 24.2 Å². The second kappa shape index (κ2) is 9.24. The van der Waals surface area contributed by atoms with E-state index in [-0.39, 0.29) is 12.7 Å². The molecule has 30 heavy (non-hydrogen) atoms. The van der Waals surface area contributed by atoms with Crippen LogP contribution in [0, 0.1) is 0 Å². The molecule has 1 aliphatic heterocycles. The molecule has 156 valence electrons. The molecule has 0 radical (unpaired) electrons. The maximum atomic E-state index is 9.94. The molecule has 1 unspecified atom stereocenters. The van der Waals surface area contributed by atoms with Crippen LogP contribution in [0.4, 0.5) is 5.69 Å². The van der Waals surface area contributed by atoms with Crippen LogP contribution in [-0.4, -0.2) is 36.4 Å². The summed E-state index contributed by atoms with van der Waals surface area (Å²) in [6.45, 7) is 1.41. The third-order valence-electron chi connectivity index (χ3n) is 5.01. The van der Waals surface area contributed by atoms with E-state index in [1.54, 1.807) is 25.4 Å². The summed E-state index contributed by atoms with van der Waals surface area (Å²) in [5.41, 5.74) is 1.75. The first kappa shape index (κ1) is 20.3. The number of benzene rings is 2. The first-order valence-corrected chi connectivity index (χ1v) is 10.1. The second-order valence-electron chi connectivity index (χ2n) is 6.97. The van der Waals surface area contributed by atoms with E-state index in [0.29, 0.717) is 34.7 Å². The van der Waals surface area contributed by atoms with E-state index in [9.17, 15) is 5.11 Å². The quantitative estimate of drug-likeness (QED) is 0.591. The van der Waals surface area contributed by atoms with Gasteiger partial charge in [-0.1, -0.05) is 23.7 Å². The third-order valence-corrected chi connectivity index (χ3v) is 5.29. The molecule has 1 aromatic heterocycles. The number of hydrogen-bond donors (Lipinski definition) is 1. The van der Waals surface area contributed by atoms with Gasteiger partial charge in [0.25, 0.3) is 0 Å². The fourth-order valence-corrected chi connectivity index (χ4v) is 3.72. The normalized spacial score (nSPS) is 15.8. The number of methoxy groups -OCH3 is 1. The molecule has 4 rings (SSSR count). The Kier molecular flexibility index (Phi) is 6.26. The zero-order valence-corrected chi connectivity index (χ0v) is 17.4. The van der Waals surface area contributed by atoms with E-state index < -0.39 is 0 Å². The van der Waals surface area contributed by atoms with Gasteiger partial charge < -0.3 is 24.2 Å². The van der Waals surface area contributed by atoms with E-state index >= 15 is 0 Å². The SMILES string of the molecule is COc1ccccc1Oc1ccc(N2CCC(Oc3ncccc3Cl)C2)c(CO)c1. The highest BCUT2D eigenvalue weighted by Crippen LogP contribution is 2.35. The van der Waals surface area contributed by atoms with Gasteiger partial charge in [-0.05, 0) is 42.5 Å². The van der Waals surface area contributed by atoms with Gasteiger partial charge in [-0.15, -0.1) is 0 Å². The van der Waals surface area contributed by atoms with Gasteiger partial charge in [-0.2, -0.15) is 0 Å². The summed E-state index contributed by atoms with van der Waals surface area (Å²) in [6.07, 6.45) is 2.49. The number of pyridine rings is 1. The summed E-state index contributed by atoms with van der Waals surface area (Å²) in [7, 11) is 1.61. The van der Waals surface area contributed by atoms with Crippen molar-refractivity contribution in [2.24, 2.45) is 0 Å². The van der Waals surface area contributed by atoms with Crippen LogP contribution in [0.1, 0.15) is 12.0 Å². The Morgan fingerprint density at radius 1 is 1.13 bits per heavy atom. The molecule has 2 aromatic carbocycles. The number of halogens is 1. The largest absolute Gasteiger partial charge is 0.493 e. The molecule has 3 aromatic rings. The highest BCUT2D eigenvalue weighted by Gasteiger charge is 2.26. The van der Waals surface area contributed by atoms with E-state index in [1.165, 1.54) is 0 Å². The van der Waals surface area contributed by atoms with Crippen molar-refractivity contribution in [1.82, 2.24) is 4.98 Å². The number of nitrogens with zero attached hydrogens (tertiary/aromatic N) is 2. The van der Waals surface area contributed by atoms with Crippen molar-refractivity contribution < 1.29 is 19.3 Å². The predicted octanol–water partition coefficient (Wildman–Crippen LogP) is 4.69. The van der Waals surface area contributed by atoms with Gasteiger partial charge in [-0.25, -0.2) is 4.98 Å². The van der Waals surface area contributed by atoms with Crippen LogP contribution in [0.25, 0.3) is 0 Å². The summed E-state index contributed by atoms with van der Waals surface area (Å²) in [5.74, 6) is 2.37. The van der Waals surface area contributed by atoms with Gasteiger partial charge in [0.2, 0.25) is 5.88 Å². The molecule has 1 fully saturated rings. The first-order valence-electron chi connectivity index (χ1n) is 9.74. The Morgan fingerprint density at radius 2 is 1.97 bits per heavy atom. The number of aliphatic hydroxyl groups is 1. The van der Waals surface area contributed by atoms with Crippen molar-refractivity contribution in [1.29, 1.82) is 0 Å². The van der Waals surface area contributed by atoms with Crippen LogP contribution < -0.4 is 19.1 Å². The zero-order chi connectivity index (χ0) is 20.9. The molecular formula is C23H23ClN2O4. The summed E-state index contributed by atoms with van der Waals surface area (Å²) >= 11 is 6.15. The number of hydrogen-bond acceptors (Lipinski definition) is 6. The minimum Gasteiger partial charge on any atom is -0.493 e. The molecule has 2 heterocycles. The summed E-state index contributed by atoms with van der Waals surface area (Å²) < 4.78 is 17.3. The van der Waals surface area contributed by atoms with Crippen LogP contribution in [0.2, 0.25) is 5.02 Å². The van der Waals surface area contributed by atoms with Gasteiger partial charge in [0, 0.05) is 30.4 Å². The number of aromatic nitrogens is 1. The average molecular weight is 427 g/mol. The van der Waals surface area contributed by atoms with Gasteiger partial charge in [0.05, 0.1) is 20.3 Å². The molecule has 1 aliphatic rings. The molecule has 0 bridgehead atoms. The van der Waals surface area contributed by atoms with Crippen LogP contribution in [0.5, 0.6) is 23.1 Å². The zero-order valence-electron chi connectivity index (χ0n) is 16.6. The Morgan fingerprint density at radius 3 is 2.73 bits per heavy atom. The smallest absolute Gasteiger partial charge is 0.232 e. The van der Waals surface area contributed by atoms with Crippen molar-refractivity contribution in [3.05, 3.63) is 71.4 Å². The molecule has 0 saturated carbocycles. The van der Waals surface area contributed by atoms with Crippen molar-refractivity contribution in [3.8, 4) is 23.1 Å². The predicted molar refractivity (Wildman–Crippen MR) is 116 cm³/mol. The highest BCUT2D eigenvalue weighted by molar-refractivity contribution is 6.31. The van der Waals surface area contributed by atoms with Crippen LogP contribution >= 0.6 is 11.6 Å². The molecule has 0 aliphatic carbocycles. The van der Waals surface area contributed by atoms with E-state index in [4.69, 9.17) is 25.8 Å². The monoisotopic (exact) mass is 426 g/mol. The van der Waals surface area contributed by atoms with Gasteiger partial charge >= 0.3 is 0 Å². The lowest BCUT2D eigenvalue weighted by atomic mass is 10.1. The van der Waals surface area contributed by atoms with Crippen molar-refractivity contribution in [3.63, 3.8) is 0 Å². The fourth-order valence-electron chi connectivity index (χ4n) is 3.55. The van der Waals surface area contributed by atoms with Crippen LogP contribution in [0.15, 0.2) is 60.8 Å². The minimum absolute atomic E-state index is 0.0200. The summed E-state index contributed by atoms with van der Waals surface area (Å²) in [6, 6.07) is 16.7. The lowest BCUT2D eigenvalue weighted by Crippen LogP contribution is -2.25. The second-order valence-corrected chi connectivity index (χ2v) is 7.37. The molecule has 6 nitrogen and oxygen atoms in total. The topological polar surface area (TPSA) is 64.1 Å². The Bertz CT molecular complexity index is 1010. The van der Waals surface area contributed by atoms with Gasteiger partial charge in [0.1, 0.15) is 16.9 Å². The highest BCUT2D eigenvalue weighted by atomic mass is 35.5. The maximum Gasteiger partial charge on any atom is 0.232 e. The molecular weight excluding hydrogens is 404 g/mol. The van der Waals surface area contributed by atoms with Crippen molar-refractivity contribution in [2.45, 2.75) is 19.1 Å². The lowest BCUT2D eigenvalue weighted by Gasteiger charge is -2.22. The molecule has 0 spiro atoms. The molecule has 1 atom stereocenters. The van der Waals surface area contributed by atoms with Gasteiger partial charge in [-0.3, -0.25) is 0 Å². The minimum atomic E-state index is -0.0907. The molecule has 1 N–H and O–H groups in total. The van der Waals surface area contributed by atoms with Crippen LogP contribution in [0.3, 0.4) is 0 Å². The fraction of sp³-hybridized carbons (Fsp3) is 0.261. The number of rotatable bonds is 7. The summed E-state index contributed by atoms with van der Waals surface area (Å²) in [4.78, 5) is 6.39. The number of ether oxygens (including phenoxy) is 3. The first-order chi connectivity index (χ1) is 14.7. The van der Waals surface area contributed by atoms with Crippen LogP contribution in [-0.2, 0) is 6.61 Å². The van der Waals surface area contributed by atoms with Crippen molar-refractivity contribution >= 4 is 17.3 Å². The third kappa shape index (κ3) is 4.45. The number of para-hydroxylation sites is 2. The van der Waals surface area contributed by atoms with E-state index in [1.807, 2.05) is 42.5 Å². The van der Waals surface area contributed by atoms with Crippen molar-refractivity contribution in [2.75, 3.05) is 25.1 Å². The maximum absolute atomic E-state index is 9.94. The van der Waals surface area contributed by atoms with E-state index in [2.05, 4.69) is 9.88 Å². The molecule has 1 saturated heterocycles. The Hall–Kier alpha value is -2.96. The summed E-state index contributed by atoms with van der Waals surface area (Å²) in [5, 5.41) is 10.4. The van der Waals surface area contributed by atoms with Gasteiger partial charge in [0.15, 0.2) is 11.5 Å². The average Bonchev–Trinajstić information content (AvgIpc) is 3.24. The number of anilines is 1. The molecule has 7 heteroatoms. The standard InChI is InChI=1S/C23H23ClN2O4/c1-28-21-6-2-3-7-22(21)29-17-8-9-20(16(13-17)15-27)26-12-10-18(14-26)30-23-19(24)5-4-11-25-23/h2-9,11,13,18,27H,10,12,14-15H2,1H3. The number of aliphatic hydroxyl groups excluding tert-OH is 1. The Balaban J connectivity index is 1.47. The Labute approximate surface area is 180 Å². The molecule has 0 amide bonds. The lowest BCUT2D eigenvalue weighted by molar-refractivity contribution is 0.216.